The van der Waals surface area contributed by atoms with Gasteiger partial charge in [-0.1, -0.05) is 42.6 Å². The van der Waals surface area contributed by atoms with Crippen molar-refractivity contribution in [2.24, 2.45) is 0 Å². The third-order valence-electron chi connectivity index (χ3n) is 7.26. The van der Waals surface area contributed by atoms with Crippen molar-refractivity contribution in [1.29, 1.82) is 0 Å². The Hall–Kier alpha value is -4.20. The SMILES string of the molecule is CC1C[N+]2=CC=COC23OC=CC=[N+]13.CC1C[N+]2=Cc3ccccc3OC23Oc2ccccc2C=[N+]13. The van der Waals surface area contributed by atoms with Gasteiger partial charge < -0.3 is 18.9 Å². The van der Waals surface area contributed by atoms with Gasteiger partial charge >= 0.3 is 12.1 Å². The third-order valence-corrected chi connectivity index (χ3v) is 7.26. The van der Waals surface area contributed by atoms with Crippen LogP contribution in [-0.4, -0.2) is 80.4 Å². The number of rotatable bonds is 0. The van der Waals surface area contributed by atoms with Crippen molar-refractivity contribution in [1.82, 2.24) is 0 Å². The van der Waals surface area contributed by atoms with E-state index >= 15 is 0 Å². The minimum Gasteiger partial charge on any atom is -0.349 e. The first kappa shape index (κ1) is 21.1. The maximum Gasteiger partial charge on any atom is 0.704 e. The molecule has 8 rings (SSSR count). The van der Waals surface area contributed by atoms with Crippen molar-refractivity contribution in [3.8, 4) is 11.5 Å². The zero-order valence-electron chi connectivity index (χ0n) is 20.2. The Kier molecular flexibility index (Phi) is 4.49. The van der Waals surface area contributed by atoms with Crippen LogP contribution < -0.4 is 9.47 Å². The summed E-state index contributed by atoms with van der Waals surface area (Å²) in [5, 5.41) is 0. The van der Waals surface area contributed by atoms with E-state index in [9.17, 15) is 0 Å². The van der Waals surface area contributed by atoms with Gasteiger partial charge in [-0.3, -0.25) is 0 Å². The lowest BCUT2D eigenvalue weighted by molar-refractivity contribution is -0.873. The van der Waals surface area contributed by atoms with Crippen molar-refractivity contribution in [2.75, 3.05) is 13.1 Å². The zero-order chi connectivity index (χ0) is 24.3. The summed E-state index contributed by atoms with van der Waals surface area (Å²) in [4.78, 5) is 0. The van der Waals surface area contributed by atoms with Gasteiger partial charge in [-0.25, -0.2) is 0 Å². The molecule has 4 unspecified atom stereocenters. The lowest BCUT2D eigenvalue weighted by Gasteiger charge is -2.27. The lowest BCUT2D eigenvalue weighted by atomic mass is 10.2. The zero-order valence-corrected chi connectivity index (χ0v) is 20.2. The van der Waals surface area contributed by atoms with Crippen molar-refractivity contribution in [3.05, 3.63) is 84.3 Å². The van der Waals surface area contributed by atoms with Gasteiger partial charge in [0.1, 0.15) is 12.5 Å². The first-order valence-corrected chi connectivity index (χ1v) is 12.3. The smallest absolute Gasteiger partial charge is 0.349 e. The fourth-order valence-electron chi connectivity index (χ4n) is 5.58. The second kappa shape index (κ2) is 7.65. The number of benzene rings is 2. The molecule has 0 radical (unpaired) electrons. The van der Waals surface area contributed by atoms with Crippen LogP contribution >= 0.6 is 0 Å². The summed E-state index contributed by atoms with van der Waals surface area (Å²) in [6.45, 7) is 6.10. The van der Waals surface area contributed by atoms with E-state index < -0.39 is 12.1 Å². The van der Waals surface area contributed by atoms with Crippen LogP contribution in [0.5, 0.6) is 11.5 Å². The molecule has 2 spiro atoms. The molecule has 0 amide bonds. The highest BCUT2D eigenvalue weighted by atomic mass is 16.7. The van der Waals surface area contributed by atoms with Crippen LogP contribution in [-0.2, 0) is 9.47 Å². The average molecular weight is 485 g/mol. The summed E-state index contributed by atoms with van der Waals surface area (Å²) in [5.74, 6) is 1.70. The molecule has 8 heteroatoms. The third kappa shape index (κ3) is 2.93. The Bertz CT molecular complexity index is 1450. The number of para-hydroxylation sites is 2. The molecule has 2 aromatic carbocycles. The van der Waals surface area contributed by atoms with Crippen molar-refractivity contribution in [2.45, 2.75) is 38.0 Å². The van der Waals surface area contributed by atoms with Gasteiger partial charge in [0.15, 0.2) is 36.4 Å². The first-order chi connectivity index (χ1) is 17.6. The van der Waals surface area contributed by atoms with E-state index in [1.807, 2.05) is 61.0 Å². The minimum atomic E-state index is -0.901. The summed E-state index contributed by atoms with van der Waals surface area (Å²) >= 11 is 0. The van der Waals surface area contributed by atoms with Crippen LogP contribution in [0.25, 0.3) is 0 Å². The van der Waals surface area contributed by atoms with Gasteiger partial charge in [0.2, 0.25) is 25.2 Å². The maximum atomic E-state index is 6.34. The second-order valence-corrected chi connectivity index (χ2v) is 9.64. The monoisotopic (exact) mass is 484 g/mol. The summed E-state index contributed by atoms with van der Waals surface area (Å²) in [7, 11) is 0. The lowest BCUT2D eigenvalue weighted by Crippen LogP contribution is -2.59. The highest BCUT2D eigenvalue weighted by Gasteiger charge is 2.71. The van der Waals surface area contributed by atoms with Gasteiger partial charge in [-0.2, -0.15) is 0 Å². The standard InChI is InChI=1S/C18H16N2O2.C10H12N2O2/c1-13-10-19-11-14-6-2-4-8-16(14)21-18(19)20(13)12-15-7-3-5-9-17(15)22-18;1-9-8-11-4-2-6-13-10(11)12(9)5-3-7-14-10/h2-9,11-13H,10H2,1H3;2-7,9H,8H2,1H3/q2*+2. The Morgan fingerprint density at radius 1 is 0.667 bits per heavy atom. The number of nitrogens with zero attached hydrogens (tertiary/aromatic N) is 4. The first-order valence-electron chi connectivity index (χ1n) is 12.3. The summed E-state index contributed by atoms with van der Waals surface area (Å²) in [6, 6.07) is 15.2. The molecule has 0 aliphatic carbocycles. The van der Waals surface area contributed by atoms with Gasteiger partial charge in [0.25, 0.3) is 0 Å². The van der Waals surface area contributed by atoms with Crippen molar-refractivity contribution < 1.29 is 37.2 Å². The molecule has 6 heterocycles. The van der Waals surface area contributed by atoms with Crippen molar-refractivity contribution >= 4 is 24.9 Å². The molecule has 4 atom stereocenters. The molecule has 8 nitrogen and oxygen atoms in total. The number of hydrogen-bond donors (Lipinski definition) is 0. The van der Waals surface area contributed by atoms with Gasteiger partial charge in [0.05, 0.1) is 11.1 Å². The topological polar surface area (TPSA) is 49.0 Å². The van der Waals surface area contributed by atoms with E-state index in [-0.39, 0.29) is 0 Å². The Morgan fingerprint density at radius 3 is 1.97 bits per heavy atom. The van der Waals surface area contributed by atoms with Crippen LogP contribution in [0.2, 0.25) is 0 Å². The molecular weight excluding hydrogens is 456 g/mol. The fraction of sp³-hybridized carbons (Fsp3) is 0.286. The predicted molar refractivity (Wildman–Crippen MR) is 132 cm³/mol. The summed E-state index contributed by atoms with van der Waals surface area (Å²) < 4.78 is 32.3. The molecule has 0 saturated carbocycles. The summed E-state index contributed by atoms with van der Waals surface area (Å²) in [5.41, 5.74) is 2.17. The van der Waals surface area contributed by atoms with E-state index in [1.54, 1.807) is 12.5 Å². The molecule has 180 valence electrons. The van der Waals surface area contributed by atoms with Crippen LogP contribution in [0.1, 0.15) is 25.0 Å². The van der Waals surface area contributed by atoms with Crippen LogP contribution in [0.3, 0.4) is 0 Å². The molecule has 6 aliphatic heterocycles. The van der Waals surface area contributed by atoms with Gasteiger partial charge in [-0.05, 0) is 24.3 Å². The molecule has 0 N–H and O–H groups in total. The minimum absolute atomic E-state index is 0.305. The van der Waals surface area contributed by atoms with E-state index in [0.29, 0.717) is 12.1 Å². The number of allylic oxidation sites excluding steroid dienone is 2. The average Bonchev–Trinajstić information content (AvgIpc) is 3.36. The normalized spacial score (nSPS) is 31.3. The van der Waals surface area contributed by atoms with Crippen LogP contribution in [0.15, 0.2) is 73.2 Å². The molecule has 2 saturated heterocycles. The summed E-state index contributed by atoms with van der Waals surface area (Å²) in [6.07, 6.45) is 15.4. The highest BCUT2D eigenvalue weighted by molar-refractivity contribution is 5.82. The molecule has 2 fully saturated rings. The van der Waals surface area contributed by atoms with Gasteiger partial charge in [0, 0.05) is 26.0 Å². The van der Waals surface area contributed by atoms with E-state index in [0.717, 1.165) is 35.7 Å². The quantitative estimate of drug-likeness (QED) is 0.539. The van der Waals surface area contributed by atoms with Crippen LogP contribution in [0.4, 0.5) is 0 Å². The maximum absolute atomic E-state index is 6.34. The van der Waals surface area contributed by atoms with Crippen LogP contribution in [0, 0.1) is 0 Å². The van der Waals surface area contributed by atoms with Crippen molar-refractivity contribution in [3.63, 3.8) is 0 Å². The predicted octanol–water partition coefficient (Wildman–Crippen LogP) is 2.30. The molecule has 0 bridgehead atoms. The number of ether oxygens (including phenoxy) is 4. The molecule has 2 aromatic rings. The van der Waals surface area contributed by atoms with E-state index in [1.165, 1.54) is 0 Å². The number of fused-ring (bicyclic) bond motifs is 2. The van der Waals surface area contributed by atoms with E-state index in [2.05, 4.69) is 56.7 Å². The molecule has 36 heavy (non-hydrogen) atoms. The molecule has 0 aromatic heterocycles. The van der Waals surface area contributed by atoms with E-state index in [4.69, 9.17) is 18.9 Å². The Morgan fingerprint density at radius 2 is 1.25 bits per heavy atom. The highest BCUT2D eigenvalue weighted by Crippen LogP contribution is 2.38. The molecule has 6 aliphatic rings. The number of hydrogen-bond acceptors (Lipinski definition) is 4. The van der Waals surface area contributed by atoms with Gasteiger partial charge in [-0.15, -0.1) is 0 Å². The Labute approximate surface area is 209 Å². The second-order valence-electron chi connectivity index (χ2n) is 9.64. The largest absolute Gasteiger partial charge is 0.704 e. The molecular formula is C28H28N4O4+4. The Balaban J connectivity index is 0.000000136. The fourth-order valence-corrected chi connectivity index (χ4v) is 5.58.